The van der Waals surface area contributed by atoms with Crippen molar-refractivity contribution in [2.75, 3.05) is 18.4 Å². The van der Waals surface area contributed by atoms with Gasteiger partial charge in [-0.3, -0.25) is 9.69 Å². The van der Waals surface area contributed by atoms with Crippen molar-refractivity contribution in [3.05, 3.63) is 87.8 Å². The van der Waals surface area contributed by atoms with Crippen LogP contribution in [0.15, 0.2) is 71.7 Å². The maximum atomic E-state index is 12.6. The average molecular weight is 395 g/mol. The molecule has 0 amide bonds. The Labute approximate surface area is 169 Å². The van der Waals surface area contributed by atoms with Gasteiger partial charge in [-0.15, -0.1) is 0 Å². The highest BCUT2D eigenvalue weighted by Gasteiger charge is 2.21. The second kappa shape index (κ2) is 8.59. The molecule has 1 aliphatic rings. The summed E-state index contributed by atoms with van der Waals surface area (Å²) in [7, 11) is 0. The molecule has 5 nitrogen and oxygen atoms in total. The molecule has 0 spiro atoms. The predicted octanol–water partition coefficient (Wildman–Crippen LogP) is 3.96. The van der Waals surface area contributed by atoms with E-state index in [1.165, 1.54) is 10.2 Å². The van der Waals surface area contributed by atoms with E-state index in [4.69, 9.17) is 11.6 Å². The maximum Gasteiger partial charge on any atom is 0.292 e. The van der Waals surface area contributed by atoms with E-state index in [0.29, 0.717) is 17.4 Å². The molecule has 0 aliphatic carbocycles. The topological polar surface area (TPSA) is 50.2 Å². The van der Waals surface area contributed by atoms with Crippen molar-refractivity contribution in [2.45, 2.75) is 25.4 Å². The lowest BCUT2D eigenvalue weighted by Gasteiger charge is -2.33. The predicted molar refractivity (Wildman–Crippen MR) is 113 cm³/mol. The van der Waals surface area contributed by atoms with Crippen LogP contribution >= 0.6 is 11.6 Å². The Morgan fingerprint density at radius 2 is 1.64 bits per heavy atom. The Balaban J connectivity index is 1.39. The molecule has 3 aromatic rings. The van der Waals surface area contributed by atoms with Crippen LogP contribution in [0.3, 0.4) is 0 Å². The van der Waals surface area contributed by atoms with Crippen molar-refractivity contribution in [1.82, 2.24) is 14.7 Å². The smallest absolute Gasteiger partial charge is 0.292 e. The van der Waals surface area contributed by atoms with E-state index in [-0.39, 0.29) is 10.6 Å². The molecular weight excluding hydrogens is 372 g/mol. The Morgan fingerprint density at radius 1 is 1.00 bits per heavy atom. The Kier molecular flexibility index (Phi) is 5.74. The zero-order chi connectivity index (χ0) is 19.3. The number of nitrogens with one attached hydrogen (secondary N) is 1. The van der Waals surface area contributed by atoms with Crippen molar-refractivity contribution in [3.8, 4) is 5.69 Å². The van der Waals surface area contributed by atoms with Gasteiger partial charge in [0.15, 0.2) is 0 Å². The third-order valence-corrected chi connectivity index (χ3v) is 5.48. The van der Waals surface area contributed by atoms with E-state index in [0.717, 1.165) is 32.5 Å². The van der Waals surface area contributed by atoms with Gasteiger partial charge in [-0.05, 0) is 30.5 Å². The van der Waals surface area contributed by atoms with Crippen molar-refractivity contribution in [2.24, 2.45) is 0 Å². The van der Waals surface area contributed by atoms with Crippen molar-refractivity contribution in [3.63, 3.8) is 0 Å². The van der Waals surface area contributed by atoms with Crippen molar-refractivity contribution < 1.29 is 0 Å². The lowest BCUT2D eigenvalue weighted by Crippen LogP contribution is -2.39. The molecule has 2 heterocycles. The highest BCUT2D eigenvalue weighted by molar-refractivity contribution is 6.32. The van der Waals surface area contributed by atoms with Crippen LogP contribution in [0.2, 0.25) is 5.02 Å². The molecule has 0 bridgehead atoms. The lowest BCUT2D eigenvalue weighted by atomic mass is 10.0. The minimum absolute atomic E-state index is 0.186. The highest BCUT2D eigenvalue weighted by atomic mass is 35.5. The molecule has 2 aromatic carbocycles. The van der Waals surface area contributed by atoms with Crippen LogP contribution in [0.1, 0.15) is 18.4 Å². The summed E-state index contributed by atoms with van der Waals surface area (Å²) in [5.41, 5.74) is 2.35. The number of hydrogen-bond acceptors (Lipinski definition) is 4. The van der Waals surface area contributed by atoms with E-state index in [9.17, 15) is 4.79 Å². The van der Waals surface area contributed by atoms with E-state index in [1.54, 1.807) is 6.20 Å². The maximum absolute atomic E-state index is 12.6. The summed E-state index contributed by atoms with van der Waals surface area (Å²) in [6.07, 6.45) is 3.66. The van der Waals surface area contributed by atoms with E-state index in [1.807, 2.05) is 36.4 Å². The zero-order valence-electron chi connectivity index (χ0n) is 15.6. The number of piperidine rings is 1. The first-order valence-corrected chi connectivity index (χ1v) is 9.94. The fraction of sp³-hybridized carbons (Fsp3) is 0.273. The van der Waals surface area contributed by atoms with Gasteiger partial charge < -0.3 is 5.32 Å². The second-order valence-electron chi connectivity index (χ2n) is 7.11. The van der Waals surface area contributed by atoms with E-state index in [2.05, 4.69) is 39.6 Å². The Bertz CT molecular complexity index is 967. The Morgan fingerprint density at radius 3 is 2.32 bits per heavy atom. The standard InChI is InChI=1S/C22H23ClN4O/c23-21-20(15-24-27(22(21)28)19-9-5-2-6-10-19)25-18-11-13-26(14-12-18)16-17-7-3-1-4-8-17/h1-10,15,18,25H,11-14,16H2. The Hall–Kier alpha value is -2.63. The molecule has 0 radical (unpaired) electrons. The third-order valence-electron chi connectivity index (χ3n) is 5.12. The van der Waals surface area contributed by atoms with Gasteiger partial charge in [0.05, 0.1) is 17.6 Å². The summed E-state index contributed by atoms with van der Waals surface area (Å²) in [4.78, 5) is 15.1. The van der Waals surface area contributed by atoms with E-state index >= 15 is 0 Å². The van der Waals surface area contributed by atoms with Crippen molar-refractivity contribution >= 4 is 17.3 Å². The fourth-order valence-electron chi connectivity index (χ4n) is 3.58. The third kappa shape index (κ3) is 4.26. The van der Waals surface area contributed by atoms with Crippen LogP contribution < -0.4 is 10.9 Å². The van der Waals surface area contributed by atoms with Gasteiger partial charge in [-0.2, -0.15) is 9.78 Å². The summed E-state index contributed by atoms with van der Waals surface area (Å²) in [5.74, 6) is 0. The van der Waals surface area contributed by atoms with Gasteiger partial charge in [0, 0.05) is 25.7 Å². The molecule has 144 valence electrons. The van der Waals surface area contributed by atoms with Crippen LogP contribution in [0.25, 0.3) is 5.69 Å². The SMILES string of the molecule is O=c1c(Cl)c(NC2CCN(Cc3ccccc3)CC2)cnn1-c1ccccc1. The summed E-state index contributed by atoms with van der Waals surface area (Å²) in [6, 6.07) is 20.1. The molecule has 28 heavy (non-hydrogen) atoms. The number of aromatic nitrogens is 2. The molecule has 6 heteroatoms. The molecule has 1 aromatic heterocycles. The van der Waals surface area contributed by atoms with Gasteiger partial charge in [0.1, 0.15) is 5.02 Å². The molecule has 4 rings (SSSR count). The quantitative estimate of drug-likeness (QED) is 0.711. The first kappa shape index (κ1) is 18.7. The largest absolute Gasteiger partial charge is 0.380 e. The van der Waals surface area contributed by atoms with Crippen LogP contribution in [-0.4, -0.2) is 33.8 Å². The normalized spacial score (nSPS) is 15.5. The highest BCUT2D eigenvalue weighted by Crippen LogP contribution is 2.22. The fourth-order valence-corrected chi connectivity index (χ4v) is 3.77. The summed E-state index contributed by atoms with van der Waals surface area (Å²) in [5, 5.41) is 7.90. The first-order chi connectivity index (χ1) is 13.7. The minimum atomic E-state index is -0.306. The monoisotopic (exact) mass is 394 g/mol. The molecule has 1 aliphatic heterocycles. The number of hydrogen-bond donors (Lipinski definition) is 1. The zero-order valence-corrected chi connectivity index (χ0v) is 16.3. The van der Waals surface area contributed by atoms with Crippen LogP contribution in [-0.2, 0) is 6.54 Å². The molecule has 1 N–H and O–H groups in total. The molecular formula is C22H23ClN4O. The number of nitrogens with zero attached hydrogens (tertiary/aromatic N) is 3. The number of halogens is 1. The van der Waals surface area contributed by atoms with Gasteiger partial charge in [0.2, 0.25) is 0 Å². The van der Waals surface area contributed by atoms with Gasteiger partial charge >= 0.3 is 0 Å². The summed E-state index contributed by atoms with van der Waals surface area (Å²) in [6.45, 7) is 3.00. The van der Waals surface area contributed by atoms with Gasteiger partial charge in [-0.1, -0.05) is 60.1 Å². The number of likely N-dealkylation sites (tertiary alicyclic amines) is 1. The molecule has 0 unspecified atom stereocenters. The number of anilines is 1. The summed E-state index contributed by atoms with van der Waals surface area (Å²) < 4.78 is 1.33. The first-order valence-electron chi connectivity index (χ1n) is 9.57. The second-order valence-corrected chi connectivity index (χ2v) is 7.48. The van der Waals surface area contributed by atoms with Crippen LogP contribution in [0.4, 0.5) is 5.69 Å². The average Bonchev–Trinajstić information content (AvgIpc) is 2.74. The molecule has 0 atom stereocenters. The van der Waals surface area contributed by atoms with Crippen molar-refractivity contribution in [1.29, 1.82) is 0 Å². The minimum Gasteiger partial charge on any atom is -0.380 e. The van der Waals surface area contributed by atoms with Crippen LogP contribution in [0.5, 0.6) is 0 Å². The number of rotatable bonds is 5. The number of benzene rings is 2. The van der Waals surface area contributed by atoms with Gasteiger partial charge in [0.25, 0.3) is 5.56 Å². The summed E-state index contributed by atoms with van der Waals surface area (Å²) >= 11 is 6.36. The molecule has 0 saturated carbocycles. The lowest BCUT2D eigenvalue weighted by molar-refractivity contribution is 0.211. The van der Waals surface area contributed by atoms with Gasteiger partial charge in [-0.25, -0.2) is 0 Å². The molecule has 1 saturated heterocycles. The van der Waals surface area contributed by atoms with E-state index < -0.39 is 0 Å². The van der Waals surface area contributed by atoms with Crippen LogP contribution in [0, 0.1) is 0 Å². The number of para-hydroxylation sites is 1. The molecule has 1 fully saturated rings.